The van der Waals surface area contributed by atoms with Crippen molar-refractivity contribution in [2.75, 3.05) is 65.2 Å². The molecule has 1 amide bonds. The van der Waals surface area contributed by atoms with E-state index in [2.05, 4.69) is 9.88 Å². The van der Waals surface area contributed by atoms with Crippen molar-refractivity contribution in [1.29, 1.82) is 0 Å². The molecule has 0 spiro atoms. The Morgan fingerprint density at radius 1 is 1.34 bits per heavy atom. The first-order valence-corrected chi connectivity index (χ1v) is 9.60. The number of hydrogen-bond donors (Lipinski definition) is 2. The van der Waals surface area contributed by atoms with E-state index in [0.717, 1.165) is 39.3 Å². The lowest BCUT2D eigenvalue weighted by Crippen LogP contribution is -2.37. The molecule has 1 aromatic carbocycles. The van der Waals surface area contributed by atoms with E-state index >= 15 is 0 Å². The molecular weight excluding hydrogens is 376 g/mol. The molecular formula is C20H28N4O5. The van der Waals surface area contributed by atoms with Gasteiger partial charge >= 0.3 is 0 Å². The SMILES string of the molecule is COc1cc2c(N(C)CO)c(C(N)=O)cnc2cc1OCCCN1CCOCC1. The van der Waals surface area contributed by atoms with Crippen molar-refractivity contribution >= 4 is 22.5 Å². The number of primary amides is 1. The maximum Gasteiger partial charge on any atom is 0.252 e. The summed E-state index contributed by atoms with van der Waals surface area (Å²) in [5.41, 5.74) is 6.84. The molecule has 0 bridgehead atoms. The normalized spacial score (nSPS) is 14.7. The molecule has 3 N–H and O–H groups in total. The Morgan fingerprint density at radius 2 is 2.10 bits per heavy atom. The lowest BCUT2D eigenvalue weighted by Gasteiger charge is -2.26. The Labute approximate surface area is 169 Å². The van der Waals surface area contributed by atoms with Crippen LogP contribution in [0.15, 0.2) is 18.3 Å². The quantitative estimate of drug-likeness (QED) is 0.467. The largest absolute Gasteiger partial charge is 0.493 e. The molecule has 1 saturated heterocycles. The summed E-state index contributed by atoms with van der Waals surface area (Å²) in [4.78, 5) is 20.1. The van der Waals surface area contributed by atoms with Gasteiger partial charge in [0.2, 0.25) is 0 Å². The number of methoxy groups -OCH3 is 1. The highest BCUT2D eigenvalue weighted by molar-refractivity contribution is 6.07. The fourth-order valence-corrected chi connectivity index (χ4v) is 3.42. The first-order valence-electron chi connectivity index (χ1n) is 9.60. The molecule has 2 heterocycles. The molecule has 0 radical (unpaired) electrons. The van der Waals surface area contributed by atoms with Gasteiger partial charge in [-0.3, -0.25) is 14.7 Å². The van der Waals surface area contributed by atoms with Gasteiger partial charge in [0.05, 0.1) is 43.7 Å². The Bertz CT molecular complexity index is 854. The number of anilines is 1. The number of nitrogens with two attached hydrogens (primary N) is 1. The van der Waals surface area contributed by atoms with Crippen LogP contribution in [0.3, 0.4) is 0 Å². The minimum atomic E-state index is -0.614. The van der Waals surface area contributed by atoms with Gasteiger partial charge in [-0.2, -0.15) is 0 Å². The third-order valence-corrected chi connectivity index (χ3v) is 4.96. The van der Waals surface area contributed by atoms with Crippen LogP contribution in [0.1, 0.15) is 16.8 Å². The maximum atomic E-state index is 11.8. The molecule has 0 unspecified atom stereocenters. The minimum absolute atomic E-state index is 0.232. The summed E-state index contributed by atoms with van der Waals surface area (Å²) in [5, 5.41) is 10.2. The Hall–Kier alpha value is -2.62. The van der Waals surface area contributed by atoms with Crippen LogP contribution in [0, 0.1) is 0 Å². The van der Waals surface area contributed by atoms with Crippen molar-refractivity contribution in [3.8, 4) is 11.5 Å². The van der Waals surface area contributed by atoms with Crippen molar-refractivity contribution < 1.29 is 24.1 Å². The first-order chi connectivity index (χ1) is 14.0. The highest BCUT2D eigenvalue weighted by atomic mass is 16.5. The fraction of sp³-hybridized carbons (Fsp3) is 0.500. The number of benzene rings is 1. The number of morpholine rings is 1. The zero-order chi connectivity index (χ0) is 20.8. The Morgan fingerprint density at radius 3 is 2.76 bits per heavy atom. The lowest BCUT2D eigenvalue weighted by atomic mass is 10.1. The molecule has 9 heteroatoms. The summed E-state index contributed by atoms with van der Waals surface area (Å²) in [6.45, 7) is 4.68. The zero-order valence-corrected chi connectivity index (χ0v) is 16.9. The van der Waals surface area contributed by atoms with Gasteiger partial charge < -0.3 is 30.0 Å². The molecule has 2 aromatic rings. The number of carbonyl (C=O) groups excluding carboxylic acids is 1. The third kappa shape index (κ3) is 4.87. The number of fused-ring (bicyclic) bond motifs is 1. The summed E-state index contributed by atoms with van der Waals surface area (Å²) in [6, 6.07) is 3.54. The third-order valence-electron chi connectivity index (χ3n) is 4.96. The van der Waals surface area contributed by atoms with Crippen molar-refractivity contribution in [3.63, 3.8) is 0 Å². The van der Waals surface area contributed by atoms with Gasteiger partial charge in [-0.25, -0.2) is 0 Å². The van der Waals surface area contributed by atoms with Gasteiger partial charge in [0.1, 0.15) is 6.73 Å². The van der Waals surface area contributed by atoms with Gasteiger partial charge in [0, 0.05) is 44.3 Å². The summed E-state index contributed by atoms with van der Waals surface area (Å²) >= 11 is 0. The van der Waals surface area contributed by atoms with E-state index < -0.39 is 5.91 Å². The fourth-order valence-electron chi connectivity index (χ4n) is 3.42. The molecule has 0 aliphatic carbocycles. The molecule has 1 aliphatic rings. The van der Waals surface area contributed by atoms with E-state index in [0.29, 0.717) is 34.7 Å². The predicted molar refractivity (Wildman–Crippen MR) is 110 cm³/mol. The maximum absolute atomic E-state index is 11.8. The van der Waals surface area contributed by atoms with E-state index in [-0.39, 0.29) is 12.3 Å². The molecule has 9 nitrogen and oxygen atoms in total. The number of ether oxygens (including phenoxy) is 3. The van der Waals surface area contributed by atoms with E-state index in [1.807, 2.05) is 0 Å². The Kier molecular flexibility index (Phi) is 7.08. The average Bonchev–Trinajstić information content (AvgIpc) is 2.75. The smallest absolute Gasteiger partial charge is 0.252 e. The molecule has 1 fully saturated rings. The number of pyridine rings is 1. The van der Waals surface area contributed by atoms with Gasteiger partial charge in [-0.1, -0.05) is 0 Å². The van der Waals surface area contributed by atoms with Crippen LogP contribution < -0.4 is 20.1 Å². The van der Waals surface area contributed by atoms with Gasteiger partial charge in [0.15, 0.2) is 11.5 Å². The number of nitrogens with zero attached hydrogens (tertiary/aromatic N) is 3. The van der Waals surface area contributed by atoms with E-state index in [1.165, 1.54) is 11.1 Å². The number of aliphatic hydroxyl groups excluding tert-OH is 1. The standard InChI is InChI=1S/C20H28N4O5/c1-23(13-25)19-14-10-17(27-2)18(11-16(14)22-12-15(19)20(21)26)29-7-3-4-24-5-8-28-9-6-24/h10-12,25H,3-9,13H2,1-2H3,(H2,21,26). The number of amides is 1. The van der Waals surface area contributed by atoms with Gasteiger partial charge in [-0.15, -0.1) is 0 Å². The van der Waals surface area contributed by atoms with Crippen LogP contribution in [0.2, 0.25) is 0 Å². The van der Waals surface area contributed by atoms with Crippen molar-refractivity contribution in [2.45, 2.75) is 6.42 Å². The van der Waals surface area contributed by atoms with E-state index in [1.54, 1.807) is 26.3 Å². The summed E-state index contributed by atoms with van der Waals surface area (Å²) in [7, 11) is 3.23. The predicted octanol–water partition coefficient (Wildman–Crippen LogP) is 0.829. The van der Waals surface area contributed by atoms with Gasteiger partial charge in [-0.05, 0) is 12.5 Å². The number of aliphatic hydroxyl groups is 1. The number of rotatable bonds is 9. The summed E-state index contributed by atoms with van der Waals surface area (Å²) < 4.78 is 16.8. The molecule has 0 saturated carbocycles. The molecule has 158 valence electrons. The van der Waals surface area contributed by atoms with Crippen molar-refractivity contribution in [3.05, 3.63) is 23.9 Å². The van der Waals surface area contributed by atoms with Gasteiger partial charge in [0.25, 0.3) is 5.91 Å². The molecule has 1 aliphatic heterocycles. The van der Waals surface area contributed by atoms with E-state index in [9.17, 15) is 9.90 Å². The van der Waals surface area contributed by atoms with Crippen LogP contribution in [-0.4, -0.2) is 81.2 Å². The molecule has 0 atom stereocenters. The highest BCUT2D eigenvalue weighted by Crippen LogP contribution is 2.37. The van der Waals surface area contributed by atoms with Crippen LogP contribution in [-0.2, 0) is 4.74 Å². The van der Waals surface area contributed by atoms with Crippen molar-refractivity contribution in [1.82, 2.24) is 9.88 Å². The second-order valence-corrected chi connectivity index (χ2v) is 6.90. The highest BCUT2D eigenvalue weighted by Gasteiger charge is 2.19. The topological polar surface area (TPSA) is 110 Å². The summed E-state index contributed by atoms with van der Waals surface area (Å²) in [5.74, 6) is 0.496. The first kappa shape index (κ1) is 21.1. The number of aromatic nitrogens is 1. The van der Waals surface area contributed by atoms with E-state index in [4.69, 9.17) is 19.9 Å². The van der Waals surface area contributed by atoms with Crippen molar-refractivity contribution in [2.24, 2.45) is 5.73 Å². The molecule has 3 rings (SSSR count). The number of carbonyl (C=O) groups is 1. The zero-order valence-electron chi connectivity index (χ0n) is 16.9. The van der Waals surface area contributed by atoms with Crippen LogP contribution in [0.4, 0.5) is 5.69 Å². The van der Waals surface area contributed by atoms with Crippen LogP contribution in [0.5, 0.6) is 11.5 Å². The second-order valence-electron chi connectivity index (χ2n) is 6.90. The average molecular weight is 404 g/mol. The van der Waals surface area contributed by atoms with Crippen LogP contribution in [0.25, 0.3) is 10.9 Å². The molecule has 29 heavy (non-hydrogen) atoms. The lowest BCUT2D eigenvalue weighted by molar-refractivity contribution is 0.0357. The Balaban J connectivity index is 1.81. The summed E-state index contributed by atoms with van der Waals surface area (Å²) in [6.07, 6.45) is 2.30. The number of hydrogen-bond acceptors (Lipinski definition) is 8. The minimum Gasteiger partial charge on any atom is -0.493 e. The second kappa shape index (κ2) is 9.73. The van der Waals surface area contributed by atoms with Crippen LogP contribution >= 0.6 is 0 Å². The molecule has 1 aromatic heterocycles. The monoisotopic (exact) mass is 404 g/mol.